The topological polar surface area (TPSA) is 93.1 Å². The summed E-state index contributed by atoms with van der Waals surface area (Å²) >= 11 is 0. The van der Waals surface area contributed by atoms with Crippen LogP contribution >= 0.6 is 0 Å². The maximum atomic E-state index is 13.0. The Labute approximate surface area is 172 Å². The Balaban J connectivity index is 2.79. The van der Waals surface area contributed by atoms with Gasteiger partial charge in [-0.05, 0) is 33.6 Å². The van der Waals surface area contributed by atoms with E-state index in [0.717, 1.165) is 12.0 Å². The van der Waals surface area contributed by atoms with Crippen LogP contribution in [-0.4, -0.2) is 35.2 Å². The van der Waals surface area contributed by atoms with E-state index in [2.05, 4.69) is 0 Å². The Morgan fingerprint density at radius 1 is 1.24 bits per heavy atom. The molecule has 1 aliphatic heterocycles. The number of phenols is 2. The number of methoxy groups -OCH3 is 1. The number of hydrogen-bond donors (Lipinski definition) is 2. The molecule has 0 bridgehead atoms. The van der Waals surface area contributed by atoms with Crippen LogP contribution in [-0.2, 0) is 16.0 Å². The molecule has 2 N–H and O–H groups in total. The fraction of sp³-hybridized carbons (Fsp3) is 0.565. The minimum Gasteiger partial charge on any atom is -0.507 e. The number of ketones is 1. The number of Topliss-reactive ketones (excluding diaryl/α,β-unsaturated/α-hetero) is 1. The number of carbonyl (C=O) groups is 2. The van der Waals surface area contributed by atoms with Crippen molar-refractivity contribution in [2.45, 2.75) is 72.3 Å². The van der Waals surface area contributed by atoms with Crippen LogP contribution in [0.15, 0.2) is 11.6 Å². The SMILES string of the molecule is CCC[C@H](CC(=O)OC)c1c(O)c(CC=C(C)C)c(O)c2c1O[C@@H](C)[C@H](C)C2=O. The number of phenolic OH excluding ortho intramolecular Hbond substituents is 2. The van der Waals surface area contributed by atoms with Crippen molar-refractivity contribution in [2.24, 2.45) is 5.92 Å². The maximum absolute atomic E-state index is 13.0. The molecule has 0 fully saturated rings. The summed E-state index contributed by atoms with van der Waals surface area (Å²) in [7, 11) is 1.32. The first-order valence-corrected chi connectivity index (χ1v) is 10.2. The number of benzene rings is 1. The summed E-state index contributed by atoms with van der Waals surface area (Å²) in [6.07, 6.45) is 3.16. The van der Waals surface area contributed by atoms with Crippen LogP contribution in [0, 0.1) is 5.92 Å². The summed E-state index contributed by atoms with van der Waals surface area (Å²) in [6.45, 7) is 9.37. The Bertz CT molecular complexity index is 819. The van der Waals surface area contributed by atoms with Crippen molar-refractivity contribution in [3.05, 3.63) is 28.3 Å². The van der Waals surface area contributed by atoms with Gasteiger partial charge in [-0.25, -0.2) is 0 Å². The second-order valence-electron chi connectivity index (χ2n) is 8.02. The zero-order chi connectivity index (χ0) is 21.9. The van der Waals surface area contributed by atoms with Gasteiger partial charge in [0.15, 0.2) is 5.78 Å². The predicted molar refractivity (Wildman–Crippen MR) is 111 cm³/mol. The molecule has 0 amide bonds. The Hall–Kier alpha value is -2.50. The second-order valence-corrected chi connectivity index (χ2v) is 8.02. The zero-order valence-corrected chi connectivity index (χ0v) is 18.2. The van der Waals surface area contributed by atoms with Crippen molar-refractivity contribution < 1.29 is 29.3 Å². The summed E-state index contributed by atoms with van der Waals surface area (Å²) in [5, 5.41) is 22.0. The second kappa shape index (κ2) is 9.33. The Morgan fingerprint density at radius 2 is 1.90 bits per heavy atom. The van der Waals surface area contributed by atoms with Gasteiger partial charge in [0.2, 0.25) is 0 Å². The molecule has 0 radical (unpaired) electrons. The third kappa shape index (κ3) is 4.57. The van der Waals surface area contributed by atoms with Crippen LogP contribution in [0.3, 0.4) is 0 Å². The minimum absolute atomic E-state index is 0.0543. The Kier molecular flexibility index (Phi) is 7.33. The third-order valence-electron chi connectivity index (χ3n) is 5.60. The van der Waals surface area contributed by atoms with Crippen molar-refractivity contribution in [3.8, 4) is 17.2 Å². The first-order valence-electron chi connectivity index (χ1n) is 10.2. The molecule has 6 heteroatoms. The van der Waals surface area contributed by atoms with Crippen molar-refractivity contribution in [2.75, 3.05) is 7.11 Å². The minimum atomic E-state index is -0.424. The lowest BCUT2D eigenvalue weighted by Gasteiger charge is -2.33. The normalized spacial score (nSPS) is 19.2. The van der Waals surface area contributed by atoms with Gasteiger partial charge in [-0.2, -0.15) is 0 Å². The Morgan fingerprint density at radius 3 is 2.45 bits per heavy atom. The number of fused-ring (bicyclic) bond motifs is 1. The van der Waals surface area contributed by atoms with Gasteiger partial charge in [0.05, 0.1) is 19.4 Å². The highest BCUT2D eigenvalue weighted by molar-refractivity contribution is 6.05. The number of hydrogen-bond acceptors (Lipinski definition) is 6. The highest BCUT2D eigenvalue weighted by atomic mass is 16.5. The van der Waals surface area contributed by atoms with Crippen LogP contribution in [0.4, 0.5) is 0 Å². The van der Waals surface area contributed by atoms with Crippen LogP contribution in [0.5, 0.6) is 17.2 Å². The van der Waals surface area contributed by atoms with Gasteiger partial charge in [-0.3, -0.25) is 9.59 Å². The van der Waals surface area contributed by atoms with E-state index in [1.807, 2.05) is 26.8 Å². The first-order chi connectivity index (χ1) is 13.6. The van der Waals surface area contributed by atoms with E-state index in [1.54, 1.807) is 13.8 Å². The number of carbonyl (C=O) groups excluding carboxylic acids is 2. The molecule has 0 unspecified atom stereocenters. The molecule has 1 aromatic rings. The van der Waals surface area contributed by atoms with Crippen LogP contribution in [0.2, 0.25) is 0 Å². The fourth-order valence-electron chi connectivity index (χ4n) is 3.71. The number of ether oxygens (including phenoxy) is 2. The molecule has 6 nitrogen and oxygen atoms in total. The van der Waals surface area contributed by atoms with E-state index in [9.17, 15) is 19.8 Å². The smallest absolute Gasteiger partial charge is 0.306 e. The third-order valence-corrected chi connectivity index (χ3v) is 5.60. The van der Waals surface area contributed by atoms with Crippen molar-refractivity contribution in [1.82, 2.24) is 0 Å². The van der Waals surface area contributed by atoms with Crippen molar-refractivity contribution >= 4 is 11.8 Å². The molecule has 1 aliphatic rings. The maximum Gasteiger partial charge on any atom is 0.306 e. The largest absolute Gasteiger partial charge is 0.507 e. The average molecular weight is 405 g/mol. The van der Waals surface area contributed by atoms with Gasteiger partial charge in [0.25, 0.3) is 0 Å². The van der Waals surface area contributed by atoms with E-state index in [-0.39, 0.29) is 52.9 Å². The van der Waals surface area contributed by atoms with Gasteiger partial charge in [0.1, 0.15) is 28.9 Å². The number of allylic oxidation sites excluding steroid dienone is 2. The summed E-state index contributed by atoms with van der Waals surface area (Å²) in [5.74, 6) is -1.60. The summed E-state index contributed by atoms with van der Waals surface area (Å²) in [5.41, 5.74) is 1.82. The molecule has 2 rings (SSSR count). The molecule has 0 aliphatic carbocycles. The van der Waals surface area contributed by atoms with E-state index in [1.165, 1.54) is 7.11 Å². The molecular formula is C23H32O6. The van der Waals surface area contributed by atoms with Crippen LogP contribution in [0.25, 0.3) is 0 Å². The van der Waals surface area contributed by atoms with Crippen LogP contribution in [0.1, 0.15) is 81.3 Å². The molecule has 1 heterocycles. The number of aromatic hydroxyl groups is 2. The van der Waals surface area contributed by atoms with Crippen molar-refractivity contribution in [1.29, 1.82) is 0 Å². The van der Waals surface area contributed by atoms with E-state index >= 15 is 0 Å². The van der Waals surface area contributed by atoms with E-state index < -0.39 is 18.0 Å². The highest BCUT2D eigenvalue weighted by Crippen LogP contribution is 2.51. The lowest BCUT2D eigenvalue weighted by atomic mass is 9.81. The van der Waals surface area contributed by atoms with E-state index in [4.69, 9.17) is 9.47 Å². The number of rotatable bonds is 7. The van der Waals surface area contributed by atoms with Gasteiger partial charge in [0, 0.05) is 17.0 Å². The lowest BCUT2D eigenvalue weighted by molar-refractivity contribution is -0.141. The molecule has 160 valence electrons. The lowest BCUT2D eigenvalue weighted by Crippen LogP contribution is -2.34. The quantitative estimate of drug-likeness (QED) is 0.507. The highest BCUT2D eigenvalue weighted by Gasteiger charge is 2.40. The molecule has 0 spiro atoms. The predicted octanol–water partition coefficient (Wildman–Crippen LogP) is 4.65. The fourth-order valence-corrected chi connectivity index (χ4v) is 3.71. The molecule has 3 atom stereocenters. The molecule has 29 heavy (non-hydrogen) atoms. The molecule has 0 saturated carbocycles. The van der Waals surface area contributed by atoms with Crippen LogP contribution < -0.4 is 4.74 Å². The number of esters is 1. The summed E-state index contributed by atoms with van der Waals surface area (Å²) in [6, 6.07) is 0. The monoisotopic (exact) mass is 404 g/mol. The molecule has 0 saturated heterocycles. The van der Waals surface area contributed by atoms with Gasteiger partial charge < -0.3 is 19.7 Å². The summed E-state index contributed by atoms with van der Waals surface area (Å²) in [4.78, 5) is 25.1. The van der Waals surface area contributed by atoms with Gasteiger partial charge in [-0.1, -0.05) is 31.9 Å². The molecule has 0 aromatic heterocycles. The molecular weight excluding hydrogens is 372 g/mol. The standard InChI is InChI=1S/C23H32O6/c1-7-8-15(11-17(24)28-6)18-21(26)16(10-9-12(2)3)22(27)19-20(25)13(4)14(5)29-23(18)19/h9,13-15,26-27H,7-8,10-11H2,1-6H3/t13-,14-,15+/m0/s1. The van der Waals surface area contributed by atoms with Gasteiger partial charge in [-0.15, -0.1) is 0 Å². The van der Waals surface area contributed by atoms with Gasteiger partial charge >= 0.3 is 5.97 Å². The zero-order valence-electron chi connectivity index (χ0n) is 18.2. The average Bonchev–Trinajstić information content (AvgIpc) is 2.65. The van der Waals surface area contributed by atoms with E-state index in [0.29, 0.717) is 12.0 Å². The first kappa shape index (κ1) is 22.8. The molecule has 1 aromatic carbocycles. The summed E-state index contributed by atoms with van der Waals surface area (Å²) < 4.78 is 10.9. The van der Waals surface area contributed by atoms with Crippen molar-refractivity contribution in [3.63, 3.8) is 0 Å².